The molecular formula is C33H41N3O6. The minimum atomic E-state index is -0.852. The minimum absolute atomic E-state index is 0.00769. The molecule has 42 heavy (non-hydrogen) atoms. The van der Waals surface area contributed by atoms with Crippen molar-refractivity contribution < 1.29 is 28.9 Å². The number of benzene rings is 2. The summed E-state index contributed by atoms with van der Waals surface area (Å²) in [4.78, 5) is 30.0. The monoisotopic (exact) mass is 575 g/mol. The highest BCUT2D eigenvalue weighted by molar-refractivity contribution is 5.82. The molecule has 1 aliphatic heterocycles. The van der Waals surface area contributed by atoms with Gasteiger partial charge in [-0.15, -0.1) is 0 Å². The maximum Gasteiger partial charge on any atom is 0.303 e. The van der Waals surface area contributed by atoms with Gasteiger partial charge < -0.3 is 29.5 Å². The van der Waals surface area contributed by atoms with E-state index in [0.29, 0.717) is 6.54 Å². The van der Waals surface area contributed by atoms with Crippen molar-refractivity contribution in [2.24, 2.45) is 5.92 Å². The summed E-state index contributed by atoms with van der Waals surface area (Å²) in [5.41, 5.74) is 4.72. The molecule has 9 nitrogen and oxygen atoms in total. The van der Waals surface area contributed by atoms with Gasteiger partial charge in [-0.05, 0) is 42.8 Å². The molecule has 1 aromatic heterocycles. The number of pyridine rings is 1. The number of aliphatic hydroxyl groups is 1. The summed E-state index contributed by atoms with van der Waals surface area (Å²) in [6.07, 6.45) is 0.941. The number of carbonyl (C=O) groups excluding carboxylic acids is 2. The van der Waals surface area contributed by atoms with Crippen LogP contribution in [-0.4, -0.2) is 59.2 Å². The summed E-state index contributed by atoms with van der Waals surface area (Å²) in [6.45, 7) is 6.84. The van der Waals surface area contributed by atoms with Gasteiger partial charge in [0.2, 0.25) is 0 Å². The Labute approximate surface area is 247 Å². The normalized spacial score (nSPS) is 21.1. The largest absolute Gasteiger partial charge is 0.453 e. The van der Waals surface area contributed by atoms with Gasteiger partial charge in [0.15, 0.2) is 12.4 Å². The zero-order chi connectivity index (χ0) is 30.1. The third kappa shape index (κ3) is 8.69. The Morgan fingerprint density at radius 3 is 2.36 bits per heavy atom. The summed E-state index contributed by atoms with van der Waals surface area (Å²) >= 11 is 0. The number of carbonyl (C=O) groups is 2. The lowest BCUT2D eigenvalue weighted by Crippen LogP contribution is -2.44. The molecule has 2 aromatic carbocycles. The van der Waals surface area contributed by atoms with Gasteiger partial charge in [0, 0.05) is 56.4 Å². The maximum absolute atomic E-state index is 12.2. The molecule has 2 heterocycles. The minimum Gasteiger partial charge on any atom is -0.453 e. The first kappa shape index (κ1) is 31.3. The predicted octanol–water partition coefficient (Wildman–Crippen LogP) is 4.11. The Morgan fingerprint density at radius 1 is 1.02 bits per heavy atom. The number of ether oxygens (including phenoxy) is 3. The lowest BCUT2D eigenvalue weighted by atomic mass is 9.90. The van der Waals surface area contributed by atoms with Crippen LogP contribution in [0.1, 0.15) is 61.1 Å². The van der Waals surface area contributed by atoms with Crippen molar-refractivity contribution >= 4 is 11.9 Å². The maximum atomic E-state index is 12.2. The second-order valence-electron chi connectivity index (χ2n) is 10.9. The van der Waals surface area contributed by atoms with Gasteiger partial charge in [0.25, 0.3) is 5.91 Å². The fourth-order valence-electron chi connectivity index (χ4n) is 5.01. The Kier molecular flexibility index (Phi) is 11.2. The highest BCUT2D eigenvalue weighted by Gasteiger charge is 2.38. The molecule has 0 aliphatic carbocycles. The van der Waals surface area contributed by atoms with Crippen LogP contribution < -0.4 is 5.32 Å². The van der Waals surface area contributed by atoms with Crippen molar-refractivity contribution in [3.8, 4) is 0 Å². The van der Waals surface area contributed by atoms with Crippen LogP contribution in [0.2, 0.25) is 0 Å². The number of hydrogen-bond acceptors (Lipinski definition) is 8. The SMILES string of the molecule is CC(=O)O[C@@H](C)C(=O)NCc1ccc([C@H]2O[C@@H](CN(C)CCc3ccccn3)[C@@H](C)[C@@H](c3ccc(CO)cc3)O2)cc1. The number of amides is 1. The van der Waals surface area contributed by atoms with Crippen LogP contribution in [0.3, 0.4) is 0 Å². The fourth-order valence-corrected chi connectivity index (χ4v) is 5.01. The first-order valence-electron chi connectivity index (χ1n) is 14.4. The third-order valence-electron chi connectivity index (χ3n) is 7.52. The summed E-state index contributed by atoms with van der Waals surface area (Å²) in [7, 11) is 2.10. The Balaban J connectivity index is 1.45. The molecule has 4 rings (SSSR count). The van der Waals surface area contributed by atoms with Crippen LogP contribution in [0.5, 0.6) is 0 Å². The van der Waals surface area contributed by atoms with E-state index in [9.17, 15) is 14.7 Å². The van der Waals surface area contributed by atoms with E-state index in [1.807, 2.05) is 72.9 Å². The second-order valence-corrected chi connectivity index (χ2v) is 10.9. The van der Waals surface area contributed by atoms with Gasteiger partial charge >= 0.3 is 5.97 Å². The van der Waals surface area contributed by atoms with Gasteiger partial charge in [-0.2, -0.15) is 0 Å². The first-order valence-corrected chi connectivity index (χ1v) is 14.4. The van der Waals surface area contributed by atoms with E-state index in [1.54, 1.807) is 6.92 Å². The van der Waals surface area contributed by atoms with E-state index < -0.39 is 18.4 Å². The molecule has 1 aliphatic rings. The summed E-state index contributed by atoms with van der Waals surface area (Å²) < 4.78 is 18.1. The smallest absolute Gasteiger partial charge is 0.303 e. The summed E-state index contributed by atoms with van der Waals surface area (Å²) in [5.74, 6) is -0.774. The zero-order valence-corrected chi connectivity index (χ0v) is 24.7. The van der Waals surface area contributed by atoms with Crippen molar-refractivity contribution in [1.82, 2.24) is 15.2 Å². The van der Waals surface area contributed by atoms with Crippen molar-refractivity contribution in [3.05, 3.63) is 101 Å². The quantitative estimate of drug-likeness (QED) is 0.311. The summed E-state index contributed by atoms with van der Waals surface area (Å²) in [6, 6.07) is 21.6. The molecular weight excluding hydrogens is 534 g/mol. The number of aliphatic hydroxyl groups excluding tert-OH is 1. The van der Waals surface area contributed by atoms with Crippen LogP contribution in [0.4, 0.5) is 0 Å². The first-order chi connectivity index (χ1) is 20.2. The molecule has 3 aromatic rings. The van der Waals surface area contributed by atoms with Crippen LogP contribution >= 0.6 is 0 Å². The number of aromatic nitrogens is 1. The van der Waals surface area contributed by atoms with Crippen LogP contribution in [-0.2, 0) is 43.4 Å². The molecule has 0 radical (unpaired) electrons. The molecule has 0 bridgehead atoms. The number of rotatable bonds is 12. The third-order valence-corrected chi connectivity index (χ3v) is 7.52. The number of nitrogens with one attached hydrogen (secondary N) is 1. The number of esters is 1. The van der Waals surface area contributed by atoms with E-state index in [-0.39, 0.29) is 30.6 Å². The van der Waals surface area contributed by atoms with E-state index in [1.165, 1.54) is 6.92 Å². The molecule has 2 N–H and O–H groups in total. The van der Waals surface area contributed by atoms with Gasteiger partial charge in [-0.25, -0.2) is 0 Å². The van der Waals surface area contributed by atoms with Gasteiger partial charge in [0.05, 0.1) is 18.8 Å². The average molecular weight is 576 g/mol. The Hall–Kier alpha value is -3.63. The van der Waals surface area contributed by atoms with Crippen LogP contribution in [0.15, 0.2) is 72.9 Å². The van der Waals surface area contributed by atoms with E-state index in [2.05, 4.69) is 29.2 Å². The molecule has 0 unspecified atom stereocenters. The van der Waals surface area contributed by atoms with E-state index in [0.717, 1.165) is 47.5 Å². The van der Waals surface area contributed by atoms with Gasteiger partial charge in [-0.1, -0.05) is 61.5 Å². The molecule has 1 amide bonds. The van der Waals surface area contributed by atoms with Gasteiger partial charge in [-0.3, -0.25) is 14.6 Å². The molecule has 9 heteroatoms. The van der Waals surface area contributed by atoms with Crippen molar-refractivity contribution in [2.45, 2.75) is 64.9 Å². The molecule has 1 fully saturated rings. The lowest BCUT2D eigenvalue weighted by Gasteiger charge is -2.42. The second kappa shape index (κ2) is 15.0. The molecule has 0 spiro atoms. The zero-order valence-electron chi connectivity index (χ0n) is 24.7. The number of likely N-dealkylation sites (N-methyl/N-ethyl adjacent to an activating group) is 1. The average Bonchev–Trinajstić information content (AvgIpc) is 3.00. The van der Waals surface area contributed by atoms with Gasteiger partial charge in [0.1, 0.15) is 0 Å². The van der Waals surface area contributed by atoms with E-state index >= 15 is 0 Å². The molecule has 1 saturated heterocycles. The van der Waals surface area contributed by atoms with Crippen LogP contribution in [0.25, 0.3) is 0 Å². The molecule has 5 atom stereocenters. The van der Waals surface area contributed by atoms with Crippen molar-refractivity contribution in [3.63, 3.8) is 0 Å². The Bertz CT molecular complexity index is 1290. The standard InChI is InChI=1S/C33H41N3O6/c1-22-30(20-36(4)18-16-29-7-5-6-17-34-29)41-33(42-31(22)27-12-10-26(21-37)11-13-27)28-14-8-25(9-15-28)19-35-32(39)23(2)40-24(3)38/h5-15,17,22-23,30-31,33,37H,16,18-21H2,1-4H3,(H,35,39)/t22-,23+,30+,31+,33+/m1/s1. The van der Waals surface area contributed by atoms with Crippen LogP contribution in [0, 0.1) is 5.92 Å². The highest BCUT2D eigenvalue weighted by Crippen LogP contribution is 2.41. The predicted molar refractivity (Wildman–Crippen MR) is 158 cm³/mol. The Morgan fingerprint density at radius 2 is 1.71 bits per heavy atom. The topological polar surface area (TPSA) is 110 Å². The summed E-state index contributed by atoms with van der Waals surface area (Å²) in [5, 5.41) is 12.3. The van der Waals surface area contributed by atoms with Crippen molar-refractivity contribution in [2.75, 3.05) is 20.1 Å². The number of nitrogens with zero attached hydrogens (tertiary/aromatic N) is 2. The van der Waals surface area contributed by atoms with E-state index in [4.69, 9.17) is 14.2 Å². The molecule has 224 valence electrons. The fraction of sp³-hybridized carbons (Fsp3) is 0.424. The number of hydrogen-bond donors (Lipinski definition) is 2. The highest BCUT2D eigenvalue weighted by atomic mass is 16.7. The molecule has 0 saturated carbocycles. The lowest BCUT2D eigenvalue weighted by molar-refractivity contribution is -0.275. The van der Waals surface area contributed by atoms with Crippen molar-refractivity contribution in [1.29, 1.82) is 0 Å².